The second-order valence-corrected chi connectivity index (χ2v) is 9.10. The monoisotopic (exact) mass is 435 g/mol. The number of nitrogens with two attached hydrogens (primary N) is 1. The number of hydrogen-bond donors (Lipinski definition) is 2. The van der Waals surface area contributed by atoms with Gasteiger partial charge in [-0.1, -0.05) is 18.2 Å². The summed E-state index contributed by atoms with van der Waals surface area (Å²) >= 11 is 0. The highest BCUT2D eigenvalue weighted by molar-refractivity contribution is 7.92. The van der Waals surface area contributed by atoms with Crippen LogP contribution >= 0.6 is 0 Å². The van der Waals surface area contributed by atoms with Gasteiger partial charge in [0.2, 0.25) is 5.91 Å². The van der Waals surface area contributed by atoms with E-state index in [0.29, 0.717) is 41.9 Å². The van der Waals surface area contributed by atoms with E-state index >= 15 is 0 Å². The number of amides is 2. The summed E-state index contributed by atoms with van der Waals surface area (Å²) in [7, 11) is -3.67. The van der Waals surface area contributed by atoms with Crippen LogP contribution in [0.3, 0.4) is 0 Å². The zero-order valence-electron chi connectivity index (χ0n) is 16.6. The minimum Gasteiger partial charge on any atom is -0.366 e. The molecule has 0 atom stereocenters. The van der Waals surface area contributed by atoms with Crippen molar-refractivity contribution in [1.82, 2.24) is 0 Å². The molecule has 158 valence electrons. The van der Waals surface area contributed by atoms with E-state index in [1.54, 1.807) is 60.7 Å². The standard InChI is InChI=1S/C23H21N3O4S/c24-22(27)16-8-11-19(12-9-16)25-23(28)18-10-13-21-17(15-18)5-4-14-26(21)31(29,30)20-6-2-1-3-7-20/h1-3,6-13,15H,4-5,14H2,(H2,24,27)(H,25,28). The first-order valence-electron chi connectivity index (χ1n) is 9.78. The van der Waals surface area contributed by atoms with E-state index in [-0.39, 0.29) is 10.8 Å². The summed E-state index contributed by atoms with van der Waals surface area (Å²) in [5.74, 6) is -0.861. The van der Waals surface area contributed by atoms with E-state index < -0.39 is 15.9 Å². The first-order chi connectivity index (χ1) is 14.9. The molecular formula is C23H21N3O4S. The third-order valence-electron chi connectivity index (χ3n) is 5.18. The molecular weight excluding hydrogens is 414 g/mol. The maximum atomic E-state index is 13.1. The van der Waals surface area contributed by atoms with Crippen molar-refractivity contribution >= 4 is 33.2 Å². The number of fused-ring (bicyclic) bond motifs is 1. The second kappa shape index (κ2) is 8.23. The van der Waals surface area contributed by atoms with E-state index in [1.807, 2.05) is 0 Å². The predicted octanol–water partition coefficient (Wildman–Crippen LogP) is 3.18. The number of rotatable bonds is 5. The number of hydrogen-bond acceptors (Lipinski definition) is 4. The maximum Gasteiger partial charge on any atom is 0.264 e. The van der Waals surface area contributed by atoms with Gasteiger partial charge in [0.1, 0.15) is 0 Å². The van der Waals surface area contributed by atoms with Gasteiger partial charge in [-0.05, 0) is 73.0 Å². The molecule has 0 aromatic heterocycles. The minimum absolute atomic E-state index is 0.240. The molecule has 0 unspecified atom stereocenters. The molecule has 3 N–H and O–H groups in total. The highest BCUT2D eigenvalue weighted by atomic mass is 32.2. The number of sulfonamides is 1. The Labute approximate surface area is 180 Å². The third kappa shape index (κ3) is 4.15. The molecule has 1 aliphatic heterocycles. The van der Waals surface area contributed by atoms with E-state index in [9.17, 15) is 18.0 Å². The molecule has 7 nitrogen and oxygen atoms in total. The molecule has 8 heteroatoms. The normalized spacial score (nSPS) is 13.4. The van der Waals surface area contributed by atoms with Crippen LogP contribution in [0.1, 0.15) is 32.7 Å². The minimum atomic E-state index is -3.67. The van der Waals surface area contributed by atoms with Crippen LogP contribution < -0.4 is 15.4 Å². The average Bonchev–Trinajstić information content (AvgIpc) is 2.79. The first kappa shape index (κ1) is 20.6. The Kier molecular flexibility index (Phi) is 5.48. The molecule has 1 heterocycles. The van der Waals surface area contributed by atoms with Crippen LogP contribution in [0, 0.1) is 0 Å². The number of carbonyl (C=O) groups is 2. The highest BCUT2D eigenvalue weighted by Gasteiger charge is 2.29. The zero-order valence-corrected chi connectivity index (χ0v) is 17.4. The van der Waals surface area contributed by atoms with Crippen molar-refractivity contribution in [3.05, 3.63) is 89.5 Å². The number of nitrogens with zero attached hydrogens (tertiary/aromatic N) is 1. The summed E-state index contributed by atoms with van der Waals surface area (Å²) < 4.78 is 27.6. The van der Waals surface area contributed by atoms with E-state index in [2.05, 4.69) is 5.32 Å². The Bertz CT molecular complexity index is 1240. The largest absolute Gasteiger partial charge is 0.366 e. The summed E-state index contributed by atoms with van der Waals surface area (Å²) in [6.07, 6.45) is 1.35. The Morgan fingerprint density at radius 2 is 1.58 bits per heavy atom. The molecule has 0 saturated heterocycles. The topological polar surface area (TPSA) is 110 Å². The molecule has 3 aromatic rings. The third-order valence-corrected chi connectivity index (χ3v) is 7.00. The van der Waals surface area contributed by atoms with E-state index in [0.717, 1.165) is 5.56 Å². The predicted molar refractivity (Wildman–Crippen MR) is 119 cm³/mol. The van der Waals surface area contributed by atoms with Crippen molar-refractivity contribution in [1.29, 1.82) is 0 Å². The van der Waals surface area contributed by atoms with Gasteiger partial charge >= 0.3 is 0 Å². The van der Waals surface area contributed by atoms with Crippen LogP contribution in [-0.2, 0) is 16.4 Å². The number of carbonyl (C=O) groups excluding carboxylic acids is 2. The molecule has 2 amide bonds. The number of anilines is 2. The van der Waals surface area contributed by atoms with Gasteiger partial charge in [0.15, 0.2) is 0 Å². The molecule has 4 rings (SSSR count). The molecule has 0 radical (unpaired) electrons. The van der Waals surface area contributed by atoms with Crippen molar-refractivity contribution in [2.45, 2.75) is 17.7 Å². The van der Waals surface area contributed by atoms with Crippen LogP contribution in [0.2, 0.25) is 0 Å². The van der Waals surface area contributed by atoms with Crippen LogP contribution in [-0.4, -0.2) is 26.8 Å². The lowest BCUT2D eigenvalue weighted by atomic mass is 10.0. The van der Waals surface area contributed by atoms with Gasteiger partial charge in [-0.25, -0.2) is 8.42 Å². The molecule has 0 bridgehead atoms. The summed E-state index contributed by atoms with van der Waals surface area (Å²) in [4.78, 5) is 24.1. The Balaban J connectivity index is 1.58. The Morgan fingerprint density at radius 1 is 0.903 bits per heavy atom. The van der Waals surface area contributed by atoms with Crippen LogP contribution in [0.4, 0.5) is 11.4 Å². The van der Waals surface area contributed by atoms with Gasteiger partial charge in [0.05, 0.1) is 10.6 Å². The fraction of sp³-hybridized carbons (Fsp3) is 0.130. The molecule has 0 aliphatic carbocycles. The van der Waals surface area contributed by atoms with Crippen molar-refractivity contribution in [2.75, 3.05) is 16.2 Å². The van der Waals surface area contributed by atoms with Gasteiger partial charge in [-0.3, -0.25) is 13.9 Å². The molecule has 1 aliphatic rings. The summed E-state index contributed by atoms with van der Waals surface area (Å²) in [5.41, 5.74) is 7.94. The summed E-state index contributed by atoms with van der Waals surface area (Å²) in [6, 6.07) is 19.6. The number of primary amides is 1. The number of nitrogens with one attached hydrogen (secondary N) is 1. The highest BCUT2D eigenvalue weighted by Crippen LogP contribution is 2.32. The second-order valence-electron chi connectivity index (χ2n) is 7.23. The number of benzene rings is 3. The van der Waals surface area contributed by atoms with Crippen molar-refractivity contribution in [2.24, 2.45) is 5.73 Å². The Hall–Kier alpha value is -3.65. The zero-order chi connectivity index (χ0) is 22.0. The van der Waals surface area contributed by atoms with Crippen molar-refractivity contribution in [3.63, 3.8) is 0 Å². The van der Waals surface area contributed by atoms with Gasteiger partial charge in [0, 0.05) is 23.4 Å². The Morgan fingerprint density at radius 3 is 2.26 bits per heavy atom. The molecule has 3 aromatic carbocycles. The van der Waals surface area contributed by atoms with Crippen LogP contribution in [0.5, 0.6) is 0 Å². The van der Waals surface area contributed by atoms with Gasteiger partial charge in [-0.15, -0.1) is 0 Å². The molecule has 0 saturated carbocycles. The smallest absolute Gasteiger partial charge is 0.264 e. The fourth-order valence-corrected chi connectivity index (χ4v) is 5.16. The summed E-state index contributed by atoms with van der Waals surface area (Å²) in [6.45, 7) is 0.391. The molecule has 31 heavy (non-hydrogen) atoms. The van der Waals surface area contributed by atoms with E-state index in [1.165, 1.54) is 16.4 Å². The fourth-order valence-electron chi connectivity index (χ4n) is 3.59. The summed E-state index contributed by atoms with van der Waals surface area (Å²) in [5, 5.41) is 2.78. The first-order valence-corrected chi connectivity index (χ1v) is 11.2. The lowest BCUT2D eigenvalue weighted by Gasteiger charge is -2.30. The quantitative estimate of drug-likeness (QED) is 0.641. The molecule has 0 fully saturated rings. The molecule has 0 spiro atoms. The number of aryl methyl sites for hydroxylation is 1. The van der Waals surface area contributed by atoms with E-state index in [4.69, 9.17) is 5.73 Å². The lowest BCUT2D eigenvalue weighted by molar-refractivity contribution is 0.0998. The van der Waals surface area contributed by atoms with Gasteiger partial charge < -0.3 is 11.1 Å². The van der Waals surface area contributed by atoms with Crippen molar-refractivity contribution in [3.8, 4) is 0 Å². The van der Waals surface area contributed by atoms with Crippen LogP contribution in [0.15, 0.2) is 77.7 Å². The SMILES string of the molecule is NC(=O)c1ccc(NC(=O)c2ccc3c(c2)CCCN3S(=O)(=O)c2ccccc2)cc1. The maximum absolute atomic E-state index is 13.1. The van der Waals surface area contributed by atoms with Crippen molar-refractivity contribution < 1.29 is 18.0 Å². The average molecular weight is 436 g/mol. The van der Waals surface area contributed by atoms with Crippen LogP contribution in [0.25, 0.3) is 0 Å². The van der Waals surface area contributed by atoms with Gasteiger partial charge in [-0.2, -0.15) is 0 Å². The lowest BCUT2D eigenvalue weighted by Crippen LogP contribution is -2.35. The van der Waals surface area contributed by atoms with Gasteiger partial charge in [0.25, 0.3) is 15.9 Å².